The van der Waals surface area contributed by atoms with E-state index in [1.165, 1.54) is 4.90 Å². The number of fused-ring (bicyclic) bond motifs is 1. The van der Waals surface area contributed by atoms with Gasteiger partial charge in [-0.3, -0.25) is 4.79 Å². The number of carbonyl (C=O) groups excluding carboxylic acids is 1. The van der Waals surface area contributed by atoms with E-state index in [1.807, 2.05) is 13.8 Å². The summed E-state index contributed by atoms with van der Waals surface area (Å²) in [5, 5.41) is 0. The molecule has 6 nitrogen and oxygen atoms in total. The molecule has 122 valence electrons. The highest BCUT2D eigenvalue weighted by Crippen LogP contribution is 2.28. The molecule has 1 saturated heterocycles. The maximum atomic E-state index is 12.8. The zero-order valence-corrected chi connectivity index (χ0v) is 13.6. The lowest BCUT2D eigenvalue weighted by Gasteiger charge is -2.17. The fraction of sp³-hybridized carbons (Fsp3) is 0.400. The van der Waals surface area contributed by atoms with Gasteiger partial charge in [-0.15, -0.1) is 3.89 Å². The van der Waals surface area contributed by atoms with Gasteiger partial charge in [0.05, 0.1) is 28.2 Å². The van der Waals surface area contributed by atoms with Crippen LogP contribution in [-0.2, 0) is 15.0 Å². The zero-order chi connectivity index (χ0) is 16.8. The van der Waals surface area contributed by atoms with Gasteiger partial charge in [0.25, 0.3) is 0 Å². The van der Waals surface area contributed by atoms with Crippen molar-refractivity contribution in [3.05, 3.63) is 29.6 Å². The topological polar surface area (TPSA) is 80.2 Å². The summed E-state index contributed by atoms with van der Waals surface area (Å²) in [6.07, 6.45) is 0.0276. The number of aryl methyl sites for hydroxylation is 2. The van der Waals surface area contributed by atoms with E-state index in [2.05, 4.69) is 9.97 Å². The Morgan fingerprint density at radius 2 is 1.87 bits per heavy atom. The second kappa shape index (κ2) is 5.52. The minimum Gasteiger partial charge on any atom is -0.312 e. The van der Waals surface area contributed by atoms with Gasteiger partial charge >= 0.3 is 10.2 Å². The molecule has 0 bridgehead atoms. The van der Waals surface area contributed by atoms with Crippen molar-refractivity contribution in [2.75, 3.05) is 17.2 Å². The molecule has 2 heterocycles. The Hall–Kier alpha value is -2.09. The molecular weight excluding hydrogens is 321 g/mol. The monoisotopic (exact) mass is 337 g/mol. The van der Waals surface area contributed by atoms with Crippen molar-refractivity contribution in [1.29, 1.82) is 0 Å². The molecule has 1 aromatic carbocycles. The fourth-order valence-corrected chi connectivity index (χ4v) is 3.60. The van der Waals surface area contributed by atoms with E-state index in [1.54, 1.807) is 18.2 Å². The van der Waals surface area contributed by atoms with Crippen molar-refractivity contribution in [1.82, 2.24) is 9.97 Å². The Labute approximate surface area is 133 Å². The number of carbonyl (C=O) groups is 1. The summed E-state index contributed by atoms with van der Waals surface area (Å²) < 4.78 is 34.3. The molecule has 1 unspecified atom stereocenters. The van der Waals surface area contributed by atoms with E-state index in [0.29, 0.717) is 11.2 Å². The Morgan fingerprint density at radius 1 is 1.22 bits per heavy atom. The number of hydrogen-bond acceptors (Lipinski definition) is 5. The van der Waals surface area contributed by atoms with Crippen molar-refractivity contribution in [2.24, 2.45) is 5.92 Å². The van der Waals surface area contributed by atoms with Crippen LogP contribution in [0.25, 0.3) is 11.0 Å². The summed E-state index contributed by atoms with van der Waals surface area (Å²) >= 11 is 0. The molecule has 1 amide bonds. The van der Waals surface area contributed by atoms with E-state index < -0.39 is 21.9 Å². The first-order valence-corrected chi connectivity index (χ1v) is 8.76. The van der Waals surface area contributed by atoms with E-state index in [4.69, 9.17) is 0 Å². The quantitative estimate of drug-likeness (QED) is 0.799. The summed E-state index contributed by atoms with van der Waals surface area (Å²) in [6.45, 7) is 3.92. The molecule has 1 fully saturated rings. The Kier molecular flexibility index (Phi) is 3.79. The van der Waals surface area contributed by atoms with Gasteiger partial charge in [-0.25, -0.2) is 9.97 Å². The fourth-order valence-electron chi connectivity index (χ4n) is 2.81. The van der Waals surface area contributed by atoms with Crippen molar-refractivity contribution in [3.8, 4) is 0 Å². The van der Waals surface area contributed by atoms with Crippen LogP contribution in [0.1, 0.15) is 17.8 Å². The molecule has 1 atom stereocenters. The molecule has 8 heteroatoms. The first kappa shape index (κ1) is 15.8. The number of hydrogen-bond donors (Lipinski definition) is 0. The predicted octanol–water partition coefficient (Wildman–Crippen LogP) is 1.90. The van der Waals surface area contributed by atoms with E-state index in [9.17, 15) is 17.1 Å². The van der Waals surface area contributed by atoms with Gasteiger partial charge in [-0.2, -0.15) is 8.42 Å². The standard InChI is InChI=1S/C15H16FN3O3S/c1-9-10(2)18-14-6-12(3-4-13(14)17-9)19-7-11(5-15(19)20)8-23(16,21)22/h3-4,6,11H,5,7-8H2,1-2H3. The average molecular weight is 337 g/mol. The molecule has 3 rings (SSSR count). The highest BCUT2D eigenvalue weighted by Gasteiger charge is 2.33. The van der Waals surface area contributed by atoms with Crippen LogP contribution in [0.4, 0.5) is 9.57 Å². The van der Waals surface area contributed by atoms with Gasteiger partial charge in [0.2, 0.25) is 5.91 Å². The Morgan fingerprint density at radius 3 is 2.52 bits per heavy atom. The van der Waals surface area contributed by atoms with Gasteiger partial charge in [-0.05, 0) is 32.0 Å². The molecule has 0 saturated carbocycles. The molecule has 1 aliphatic rings. The number of aromatic nitrogens is 2. The Balaban J connectivity index is 1.91. The third-order valence-corrected chi connectivity index (χ3v) is 4.88. The number of amides is 1. The summed E-state index contributed by atoms with van der Waals surface area (Å²) in [5.74, 6) is -1.37. The predicted molar refractivity (Wildman–Crippen MR) is 84.4 cm³/mol. The van der Waals surface area contributed by atoms with Crippen molar-refractivity contribution >= 4 is 32.9 Å². The van der Waals surface area contributed by atoms with Crippen LogP contribution in [0, 0.1) is 19.8 Å². The van der Waals surface area contributed by atoms with E-state index >= 15 is 0 Å². The second-order valence-corrected chi connectivity index (χ2v) is 7.26. The third-order valence-electron chi connectivity index (χ3n) is 4.01. The molecule has 23 heavy (non-hydrogen) atoms. The van der Waals surface area contributed by atoms with Gasteiger partial charge in [0, 0.05) is 24.6 Å². The largest absolute Gasteiger partial charge is 0.312 e. The lowest BCUT2D eigenvalue weighted by Crippen LogP contribution is -2.25. The number of nitrogens with zero attached hydrogens (tertiary/aromatic N) is 3. The van der Waals surface area contributed by atoms with Crippen molar-refractivity contribution in [2.45, 2.75) is 20.3 Å². The molecule has 0 spiro atoms. The van der Waals surface area contributed by atoms with Crippen LogP contribution in [0.3, 0.4) is 0 Å². The molecule has 1 aromatic heterocycles. The lowest BCUT2D eigenvalue weighted by atomic mass is 10.1. The smallest absolute Gasteiger partial charge is 0.302 e. The van der Waals surface area contributed by atoms with Gasteiger partial charge in [-0.1, -0.05) is 0 Å². The summed E-state index contributed by atoms with van der Waals surface area (Å²) in [7, 11) is -4.58. The molecule has 0 radical (unpaired) electrons. The second-order valence-electron chi connectivity index (χ2n) is 5.85. The van der Waals surface area contributed by atoms with Crippen LogP contribution in [0.5, 0.6) is 0 Å². The van der Waals surface area contributed by atoms with E-state index in [0.717, 1.165) is 16.9 Å². The van der Waals surface area contributed by atoms with E-state index in [-0.39, 0.29) is 18.9 Å². The molecular formula is C15H16FN3O3S. The van der Waals surface area contributed by atoms with Crippen molar-refractivity contribution < 1.29 is 17.1 Å². The number of halogens is 1. The minimum atomic E-state index is -4.58. The van der Waals surface area contributed by atoms with Gasteiger partial charge in [0.15, 0.2) is 0 Å². The first-order chi connectivity index (χ1) is 10.7. The van der Waals surface area contributed by atoms with Crippen LogP contribution >= 0.6 is 0 Å². The van der Waals surface area contributed by atoms with Gasteiger partial charge in [0.1, 0.15) is 0 Å². The summed E-state index contributed by atoms with van der Waals surface area (Å²) in [5.41, 5.74) is 3.67. The number of rotatable bonds is 3. The summed E-state index contributed by atoms with van der Waals surface area (Å²) in [6, 6.07) is 5.27. The molecule has 2 aromatic rings. The maximum absolute atomic E-state index is 12.8. The normalized spacial score (nSPS) is 18.8. The highest BCUT2D eigenvalue weighted by molar-refractivity contribution is 7.86. The number of benzene rings is 1. The summed E-state index contributed by atoms with van der Waals surface area (Å²) in [4.78, 5) is 22.5. The molecule has 1 aliphatic heterocycles. The van der Waals surface area contributed by atoms with Crippen LogP contribution < -0.4 is 4.90 Å². The van der Waals surface area contributed by atoms with Crippen LogP contribution in [0.15, 0.2) is 18.2 Å². The van der Waals surface area contributed by atoms with Crippen LogP contribution in [-0.4, -0.2) is 36.6 Å². The SMILES string of the molecule is Cc1nc2ccc(N3CC(CS(=O)(=O)F)CC3=O)cc2nc1C. The lowest BCUT2D eigenvalue weighted by molar-refractivity contribution is -0.117. The minimum absolute atomic E-state index is 0.0276. The first-order valence-electron chi connectivity index (χ1n) is 7.20. The zero-order valence-electron chi connectivity index (χ0n) is 12.8. The third kappa shape index (κ3) is 3.31. The Bertz CT molecular complexity index is 898. The van der Waals surface area contributed by atoms with Crippen LogP contribution in [0.2, 0.25) is 0 Å². The maximum Gasteiger partial charge on any atom is 0.302 e. The van der Waals surface area contributed by atoms with Gasteiger partial charge < -0.3 is 4.90 Å². The number of anilines is 1. The molecule has 0 aliphatic carbocycles. The molecule has 0 N–H and O–H groups in total. The average Bonchev–Trinajstić information content (AvgIpc) is 2.78. The van der Waals surface area contributed by atoms with Crippen molar-refractivity contribution in [3.63, 3.8) is 0 Å². The highest BCUT2D eigenvalue weighted by atomic mass is 32.3.